The lowest BCUT2D eigenvalue weighted by Crippen LogP contribution is -2.47. The highest BCUT2D eigenvalue weighted by Crippen LogP contribution is 2.03. The molecule has 10 heteroatoms. The molecule has 0 radical (unpaired) electrons. The van der Waals surface area contributed by atoms with Gasteiger partial charge in [-0.3, -0.25) is 9.89 Å². The molecule has 0 saturated carbocycles. The number of aromatic nitrogens is 3. The second-order valence-electron chi connectivity index (χ2n) is 3.88. The van der Waals surface area contributed by atoms with E-state index in [0.29, 0.717) is 5.82 Å². The van der Waals surface area contributed by atoms with Gasteiger partial charge in [0.1, 0.15) is 18.2 Å². The van der Waals surface area contributed by atoms with Crippen LogP contribution in [-0.2, 0) is 14.3 Å². The molecule has 0 spiro atoms. The van der Waals surface area contributed by atoms with Crippen molar-refractivity contribution in [2.75, 3.05) is 7.11 Å². The Morgan fingerprint density at radius 2 is 2.15 bits per heavy atom. The van der Waals surface area contributed by atoms with Crippen molar-refractivity contribution in [1.29, 1.82) is 0 Å². The number of H-pyrrole nitrogens is 1. The number of carboxylic acid groups (broad SMARTS) is 1. The Kier molecular flexibility index (Phi) is 5.44. The van der Waals surface area contributed by atoms with Gasteiger partial charge in [-0.25, -0.2) is 14.6 Å². The number of aliphatic carboxylic acids is 1. The number of carbonyl (C=O) groups excluding carboxylic acids is 2. The zero-order chi connectivity index (χ0) is 15.1. The first kappa shape index (κ1) is 15.4. The fraction of sp³-hybridized carbons (Fsp3) is 0.500. The van der Waals surface area contributed by atoms with Crippen LogP contribution in [0.25, 0.3) is 0 Å². The van der Waals surface area contributed by atoms with E-state index in [1.165, 1.54) is 6.33 Å². The number of urea groups is 1. The number of methoxy groups -OCH3 is 1. The van der Waals surface area contributed by atoms with Crippen LogP contribution in [0.1, 0.15) is 25.2 Å². The molecule has 0 aliphatic heterocycles. The van der Waals surface area contributed by atoms with E-state index in [1.54, 1.807) is 6.92 Å². The Hall–Kier alpha value is -2.65. The number of nitrogens with one attached hydrogen (secondary N) is 3. The molecule has 110 valence electrons. The minimum Gasteiger partial charge on any atom is -0.480 e. The highest BCUT2D eigenvalue weighted by Gasteiger charge is 2.24. The van der Waals surface area contributed by atoms with Gasteiger partial charge < -0.3 is 20.5 Å². The van der Waals surface area contributed by atoms with E-state index in [4.69, 9.17) is 5.11 Å². The summed E-state index contributed by atoms with van der Waals surface area (Å²) >= 11 is 0. The van der Waals surface area contributed by atoms with E-state index in [-0.39, 0.29) is 0 Å². The predicted octanol–water partition coefficient (Wildman–Crippen LogP) is -0.819. The maximum atomic E-state index is 11.6. The average molecular weight is 285 g/mol. The van der Waals surface area contributed by atoms with Crippen LogP contribution < -0.4 is 10.6 Å². The largest absolute Gasteiger partial charge is 0.480 e. The van der Waals surface area contributed by atoms with Gasteiger partial charge in [-0.1, -0.05) is 0 Å². The smallest absolute Gasteiger partial charge is 0.326 e. The molecule has 10 nitrogen and oxygen atoms in total. The lowest BCUT2D eigenvalue weighted by molar-refractivity contribution is -0.147. The van der Waals surface area contributed by atoms with Crippen LogP contribution in [0.2, 0.25) is 0 Å². The van der Waals surface area contributed by atoms with Gasteiger partial charge in [0, 0.05) is 0 Å². The van der Waals surface area contributed by atoms with E-state index in [1.807, 2.05) is 0 Å². The van der Waals surface area contributed by atoms with E-state index in [2.05, 4.69) is 30.6 Å². The number of nitrogens with zero attached hydrogens (tertiary/aromatic N) is 2. The third-order valence-corrected chi connectivity index (χ3v) is 2.39. The monoisotopic (exact) mass is 285 g/mol. The number of esters is 1. The van der Waals surface area contributed by atoms with Gasteiger partial charge in [0.05, 0.1) is 19.6 Å². The number of carbonyl (C=O) groups is 3. The Morgan fingerprint density at radius 1 is 1.45 bits per heavy atom. The molecular weight excluding hydrogens is 270 g/mol. The van der Waals surface area contributed by atoms with Crippen LogP contribution in [0.3, 0.4) is 0 Å². The van der Waals surface area contributed by atoms with Gasteiger partial charge in [0.25, 0.3) is 0 Å². The topological polar surface area (TPSA) is 146 Å². The van der Waals surface area contributed by atoms with Crippen molar-refractivity contribution in [2.24, 2.45) is 0 Å². The SMILES string of the molecule is COC(=O)C[C@H](NC(=O)NC(C)c1ncn[nH]1)C(=O)O. The van der Waals surface area contributed by atoms with Crippen LogP contribution in [0, 0.1) is 0 Å². The zero-order valence-corrected chi connectivity index (χ0v) is 10.9. The molecule has 0 aliphatic carbocycles. The minimum atomic E-state index is -1.37. The second kappa shape index (κ2) is 7.07. The first-order valence-corrected chi connectivity index (χ1v) is 5.66. The summed E-state index contributed by atoms with van der Waals surface area (Å²) < 4.78 is 4.36. The van der Waals surface area contributed by atoms with Crippen molar-refractivity contribution in [3.63, 3.8) is 0 Å². The predicted molar refractivity (Wildman–Crippen MR) is 64.5 cm³/mol. The highest BCUT2D eigenvalue weighted by atomic mass is 16.5. The summed E-state index contributed by atoms with van der Waals surface area (Å²) in [6, 6.07) is -2.61. The molecule has 1 heterocycles. The number of ether oxygens (including phenoxy) is 1. The zero-order valence-electron chi connectivity index (χ0n) is 10.9. The molecule has 4 N–H and O–H groups in total. The summed E-state index contributed by atoms with van der Waals surface area (Å²) in [5.74, 6) is -1.65. The molecule has 0 aliphatic rings. The van der Waals surface area contributed by atoms with Crippen molar-refractivity contribution in [1.82, 2.24) is 25.8 Å². The second-order valence-corrected chi connectivity index (χ2v) is 3.88. The van der Waals surface area contributed by atoms with Gasteiger partial charge in [0.15, 0.2) is 0 Å². The van der Waals surface area contributed by atoms with Gasteiger partial charge in [-0.2, -0.15) is 5.10 Å². The average Bonchev–Trinajstić information content (AvgIpc) is 2.91. The molecule has 1 rings (SSSR count). The van der Waals surface area contributed by atoms with Crippen molar-refractivity contribution in [3.05, 3.63) is 12.2 Å². The molecule has 20 heavy (non-hydrogen) atoms. The molecule has 0 bridgehead atoms. The van der Waals surface area contributed by atoms with E-state index >= 15 is 0 Å². The van der Waals surface area contributed by atoms with Crippen LogP contribution in [0.4, 0.5) is 4.79 Å². The number of amides is 2. The number of rotatable bonds is 6. The Morgan fingerprint density at radius 3 is 2.65 bits per heavy atom. The fourth-order valence-electron chi connectivity index (χ4n) is 1.34. The third-order valence-electron chi connectivity index (χ3n) is 2.39. The van der Waals surface area contributed by atoms with Gasteiger partial charge in [-0.05, 0) is 6.92 Å². The summed E-state index contributed by atoms with van der Waals surface area (Å²) in [5.41, 5.74) is 0. The van der Waals surface area contributed by atoms with E-state index < -0.39 is 36.5 Å². The van der Waals surface area contributed by atoms with Crippen LogP contribution in [0.5, 0.6) is 0 Å². The molecule has 0 fully saturated rings. The van der Waals surface area contributed by atoms with Crippen LogP contribution in [0.15, 0.2) is 6.33 Å². The molecule has 0 aromatic carbocycles. The van der Waals surface area contributed by atoms with Gasteiger partial charge in [-0.15, -0.1) is 0 Å². The van der Waals surface area contributed by atoms with Crippen molar-refractivity contribution in [3.8, 4) is 0 Å². The molecule has 2 atom stereocenters. The fourth-order valence-corrected chi connectivity index (χ4v) is 1.34. The maximum absolute atomic E-state index is 11.6. The Bertz CT molecular complexity index is 474. The molecule has 1 aromatic heterocycles. The highest BCUT2D eigenvalue weighted by molar-refractivity contribution is 5.86. The van der Waals surface area contributed by atoms with Crippen LogP contribution >= 0.6 is 0 Å². The van der Waals surface area contributed by atoms with E-state index in [9.17, 15) is 14.4 Å². The Labute approximate surface area is 113 Å². The summed E-state index contributed by atoms with van der Waals surface area (Å²) in [6.07, 6.45) is 0.818. The normalized spacial score (nSPS) is 13.1. The maximum Gasteiger partial charge on any atom is 0.326 e. The quantitative estimate of drug-likeness (QED) is 0.499. The number of carboxylic acids is 1. The van der Waals surface area contributed by atoms with Crippen LogP contribution in [-0.4, -0.2) is 51.4 Å². The summed E-state index contributed by atoms with van der Waals surface area (Å²) in [6.45, 7) is 1.64. The summed E-state index contributed by atoms with van der Waals surface area (Å²) in [4.78, 5) is 37.4. The first-order chi connectivity index (χ1) is 9.43. The number of hydrogen-bond acceptors (Lipinski definition) is 6. The molecule has 2 amide bonds. The van der Waals surface area contributed by atoms with Crippen molar-refractivity contribution < 1.29 is 24.2 Å². The van der Waals surface area contributed by atoms with Gasteiger partial charge >= 0.3 is 18.0 Å². The van der Waals surface area contributed by atoms with Gasteiger partial charge in [0.2, 0.25) is 0 Å². The molecule has 1 unspecified atom stereocenters. The minimum absolute atomic E-state index is 0.417. The molecular formula is C10H15N5O5. The number of hydrogen-bond donors (Lipinski definition) is 4. The van der Waals surface area contributed by atoms with Crippen molar-refractivity contribution in [2.45, 2.75) is 25.4 Å². The van der Waals surface area contributed by atoms with Crippen molar-refractivity contribution >= 4 is 18.0 Å². The molecule has 1 aromatic rings. The lowest BCUT2D eigenvalue weighted by atomic mass is 10.2. The standard InChI is InChI=1S/C10H15N5O5/c1-5(8-11-4-12-15-8)13-10(19)14-6(9(17)18)3-7(16)20-2/h4-6H,3H2,1-2H3,(H,17,18)(H,11,12,15)(H2,13,14,19)/t5?,6-/m0/s1. The Balaban J connectivity index is 2.53. The summed E-state index contributed by atoms with van der Waals surface area (Å²) in [5, 5.41) is 19.7. The van der Waals surface area contributed by atoms with E-state index in [0.717, 1.165) is 7.11 Å². The first-order valence-electron chi connectivity index (χ1n) is 5.66. The lowest BCUT2D eigenvalue weighted by Gasteiger charge is -2.16. The summed E-state index contributed by atoms with van der Waals surface area (Å²) in [7, 11) is 1.13. The third kappa shape index (κ3) is 4.55. The molecule has 0 saturated heterocycles. The number of aromatic amines is 1.